The fourth-order valence-corrected chi connectivity index (χ4v) is 2.18. The molecule has 126 valence electrons. The predicted molar refractivity (Wildman–Crippen MR) is 87.1 cm³/mol. The van der Waals surface area contributed by atoms with E-state index in [2.05, 4.69) is 10.3 Å². The molecule has 0 radical (unpaired) electrons. The molecule has 0 atom stereocenters. The van der Waals surface area contributed by atoms with Crippen molar-refractivity contribution in [3.05, 3.63) is 54.0 Å². The number of carbonyl (C=O) groups excluding carboxylic acids is 1. The van der Waals surface area contributed by atoms with E-state index in [1.165, 1.54) is 12.1 Å². The van der Waals surface area contributed by atoms with Gasteiger partial charge in [-0.2, -0.15) is 4.98 Å². The maximum Gasteiger partial charge on any atom is 0.395 e. The first-order valence-electron chi connectivity index (χ1n) is 6.09. The van der Waals surface area contributed by atoms with Crippen LogP contribution in [0.4, 0.5) is 11.4 Å². The highest BCUT2D eigenvalue weighted by molar-refractivity contribution is 6.44. The fraction of sp³-hybridized carbons (Fsp3) is 0.0833. The third-order valence-electron chi connectivity index (χ3n) is 2.60. The number of anilines is 1. The van der Waals surface area contributed by atoms with Gasteiger partial charge in [-0.1, -0.05) is 34.8 Å². The van der Waals surface area contributed by atoms with Crippen molar-refractivity contribution in [1.29, 1.82) is 0 Å². The molecule has 1 amide bonds. The van der Waals surface area contributed by atoms with E-state index >= 15 is 0 Å². The minimum absolute atomic E-state index is 0.137. The zero-order valence-electron chi connectivity index (χ0n) is 11.5. The molecule has 2 aromatic rings. The van der Waals surface area contributed by atoms with Crippen LogP contribution in [0.25, 0.3) is 0 Å². The Kier molecular flexibility index (Phi) is 5.60. The number of aromatic amines is 1. The predicted octanol–water partition coefficient (Wildman–Crippen LogP) is 2.66. The van der Waals surface area contributed by atoms with Gasteiger partial charge in [0.05, 0.1) is 32.0 Å². The summed E-state index contributed by atoms with van der Waals surface area (Å²) in [7, 11) is 0. The summed E-state index contributed by atoms with van der Waals surface area (Å²) in [6, 6.07) is 2.67. The molecule has 0 saturated heterocycles. The summed E-state index contributed by atoms with van der Waals surface area (Å²) < 4.78 is 4.92. The molecule has 24 heavy (non-hydrogen) atoms. The van der Waals surface area contributed by atoms with Gasteiger partial charge in [0.15, 0.2) is 6.61 Å². The standard InChI is InChI=1S/C12H7Cl3N4O5/c13-5-1-7(15)8(2-6(5)14)18-9(20)3-24-12-10(19(22)23)11(21)16-4-17-12/h1-2,4H,3H2,(H,18,20)(H,16,17,21). The van der Waals surface area contributed by atoms with Crippen LogP contribution in [0.15, 0.2) is 23.3 Å². The van der Waals surface area contributed by atoms with E-state index in [0.29, 0.717) is 0 Å². The van der Waals surface area contributed by atoms with E-state index in [4.69, 9.17) is 39.5 Å². The van der Waals surface area contributed by atoms with Crippen molar-refractivity contribution in [1.82, 2.24) is 9.97 Å². The third kappa shape index (κ3) is 4.13. The monoisotopic (exact) mass is 392 g/mol. The largest absolute Gasteiger partial charge is 0.462 e. The van der Waals surface area contributed by atoms with Gasteiger partial charge in [0.2, 0.25) is 0 Å². The van der Waals surface area contributed by atoms with Gasteiger partial charge < -0.3 is 15.0 Å². The lowest BCUT2D eigenvalue weighted by Gasteiger charge is -2.09. The number of nitro groups is 1. The quantitative estimate of drug-likeness (QED) is 0.457. The van der Waals surface area contributed by atoms with Crippen molar-refractivity contribution in [3.63, 3.8) is 0 Å². The van der Waals surface area contributed by atoms with Crippen LogP contribution in [0.5, 0.6) is 5.88 Å². The summed E-state index contributed by atoms with van der Waals surface area (Å²) in [5.41, 5.74) is -1.73. The van der Waals surface area contributed by atoms with Gasteiger partial charge in [-0.3, -0.25) is 19.7 Å². The van der Waals surface area contributed by atoms with Gasteiger partial charge in [0, 0.05) is 0 Å². The second kappa shape index (κ2) is 7.47. The highest BCUT2D eigenvalue weighted by Gasteiger charge is 2.23. The first-order chi connectivity index (χ1) is 11.3. The molecule has 0 aliphatic rings. The molecular weight excluding hydrogens is 387 g/mol. The Hall–Kier alpha value is -2.36. The van der Waals surface area contributed by atoms with Crippen LogP contribution in [0, 0.1) is 10.1 Å². The van der Waals surface area contributed by atoms with Crippen LogP contribution in [-0.4, -0.2) is 27.4 Å². The van der Waals surface area contributed by atoms with Crippen LogP contribution >= 0.6 is 34.8 Å². The molecule has 2 N–H and O–H groups in total. The molecule has 0 bridgehead atoms. The molecule has 9 nitrogen and oxygen atoms in total. The molecule has 0 aliphatic carbocycles. The van der Waals surface area contributed by atoms with Crippen molar-refractivity contribution in [2.45, 2.75) is 0 Å². The first kappa shape index (κ1) is 18.0. The number of nitrogens with one attached hydrogen (secondary N) is 2. The van der Waals surface area contributed by atoms with E-state index in [-0.39, 0.29) is 20.8 Å². The van der Waals surface area contributed by atoms with Crippen LogP contribution in [0.3, 0.4) is 0 Å². The average molecular weight is 394 g/mol. The molecule has 0 spiro atoms. The lowest BCUT2D eigenvalue weighted by Crippen LogP contribution is -2.22. The summed E-state index contributed by atoms with van der Waals surface area (Å²) >= 11 is 17.5. The molecular formula is C12H7Cl3N4O5. The number of H-pyrrole nitrogens is 1. The lowest BCUT2D eigenvalue weighted by molar-refractivity contribution is -0.387. The second-order valence-corrected chi connectivity index (χ2v) is 5.45. The van der Waals surface area contributed by atoms with E-state index in [0.717, 1.165) is 6.33 Å². The maximum absolute atomic E-state index is 11.8. The summed E-state index contributed by atoms with van der Waals surface area (Å²) in [5, 5.41) is 13.7. The van der Waals surface area contributed by atoms with Crippen LogP contribution in [-0.2, 0) is 4.79 Å². The van der Waals surface area contributed by atoms with Crippen molar-refractivity contribution in [2.75, 3.05) is 11.9 Å². The number of nitrogens with zero attached hydrogens (tertiary/aromatic N) is 2. The smallest absolute Gasteiger partial charge is 0.395 e. The SMILES string of the molecule is O=C(COc1nc[nH]c(=O)c1[N+](=O)[O-])Nc1cc(Cl)c(Cl)cc1Cl. The first-order valence-corrected chi connectivity index (χ1v) is 7.22. The van der Waals surface area contributed by atoms with E-state index in [1.807, 2.05) is 4.98 Å². The van der Waals surface area contributed by atoms with Crippen molar-refractivity contribution < 1.29 is 14.5 Å². The van der Waals surface area contributed by atoms with Gasteiger partial charge in [-0.15, -0.1) is 0 Å². The van der Waals surface area contributed by atoms with E-state index in [9.17, 15) is 19.7 Å². The summed E-state index contributed by atoms with van der Waals surface area (Å²) in [6.07, 6.45) is 0.915. The number of carbonyl (C=O) groups is 1. The van der Waals surface area contributed by atoms with Crippen molar-refractivity contribution >= 4 is 52.1 Å². The minimum atomic E-state index is -1.00. The Morgan fingerprint density at radius 3 is 2.62 bits per heavy atom. The van der Waals surface area contributed by atoms with Crippen LogP contribution in [0.2, 0.25) is 15.1 Å². The molecule has 0 aliphatic heterocycles. The summed E-state index contributed by atoms with van der Waals surface area (Å²) in [4.78, 5) is 38.6. The topological polar surface area (TPSA) is 127 Å². The molecule has 0 unspecified atom stereocenters. The molecule has 0 fully saturated rings. The third-order valence-corrected chi connectivity index (χ3v) is 3.64. The van der Waals surface area contributed by atoms with Crippen LogP contribution < -0.4 is 15.6 Å². The number of amides is 1. The van der Waals surface area contributed by atoms with Crippen molar-refractivity contribution in [2.24, 2.45) is 0 Å². The Balaban J connectivity index is 2.10. The number of halogens is 3. The van der Waals surface area contributed by atoms with Crippen LogP contribution in [0.1, 0.15) is 0 Å². The number of hydrogen-bond donors (Lipinski definition) is 2. The highest BCUT2D eigenvalue weighted by Crippen LogP contribution is 2.32. The Morgan fingerprint density at radius 1 is 1.29 bits per heavy atom. The van der Waals surface area contributed by atoms with Gasteiger partial charge >= 0.3 is 17.1 Å². The maximum atomic E-state index is 11.8. The summed E-state index contributed by atoms with van der Waals surface area (Å²) in [5.74, 6) is -1.29. The average Bonchev–Trinajstić information content (AvgIpc) is 2.50. The van der Waals surface area contributed by atoms with Gasteiger partial charge in [0.1, 0.15) is 0 Å². The zero-order chi connectivity index (χ0) is 17.9. The Labute approximate surface area is 148 Å². The highest BCUT2D eigenvalue weighted by atomic mass is 35.5. The summed E-state index contributed by atoms with van der Waals surface area (Å²) in [6.45, 7) is -0.645. The number of benzene rings is 1. The number of ether oxygens (including phenoxy) is 1. The molecule has 1 heterocycles. The fourth-order valence-electron chi connectivity index (χ4n) is 1.58. The molecule has 1 aromatic carbocycles. The van der Waals surface area contributed by atoms with E-state index < -0.39 is 34.6 Å². The molecule has 2 rings (SSSR count). The number of rotatable bonds is 5. The minimum Gasteiger partial charge on any atom is -0.462 e. The Morgan fingerprint density at radius 2 is 1.96 bits per heavy atom. The Bertz CT molecular complexity index is 870. The van der Waals surface area contributed by atoms with Gasteiger partial charge in [-0.05, 0) is 12.1 Å². The number of aromatic nitrogens is 2. The lowest BCUT2D eigenvalue weighted by atomic mass is 10.3. The van der Waals surface area contributed by atoms with E-state index in [1.54, 1.807) is 0 Å². The normalized spacial score (nSPS) is 10.3. The van der Waals surface area contributed by atoms with Crippen molar-refractivity contribution in [3.8, 4) is 5.88 Å². The molecule has 12 heteroatoms. The second-order valence-electron chi connectivity index (χ2n) is 4.23. The van der Waals surface area contributed by atoms with Gasteiger partial charge in [0.25, 0.3) is 5.91 Å². The number of hydrogen-bond acceptors (Lipinski definition) is 6. The zero-order valence-corrected chi connectivity index (χ0v) is 13.8. The molecule has 1 aromatic heterocycles. The molecule has 0 saturated carbocycles. The van der Waals surface area contributed by atoms with Gasteiger partial charge in [-0.25, -0.2) is 0 Å².